The summed E-state index contributed by atoms with van der Waals surface area (Å²) < 4.78 is 22.9. The summed E-state index contributed by atoms with van der Waals surface area (Å²) in [6, 6.07) is 10.4. The molecule has 0 aliphatic rings. The fourth-order valence-electron chi connectivity index (χ4n) is 2.35. The second-order valence-corrected chi connectivity index (χ2v) is 7.90. The lowest BCUT2D eigenvalue weighted by atomic mass is 10.1. The van der Waals surface area contributed by atoms with Crippen LogP contribution in [0.2, 0.25) is 5.02 Å². The zero-order valence-corrected chi connectivity index (χ0v) is 14.6. The Morgan fingerprint density at radius 1 is 1.12 bits per heavy atom. The lowest BCUT2D eigenvalue weighted by Crippen LogP contribution is -2.13. The number of pyridine rings is 1. The molecule has 1 heterocycles. The number of H-pyrrole nitrogens is 1. The molecule has 0 fully saturated rings. The first-order valence-electron chi connectivity index (χ1n) is 7.18. The van der Waals surface area contributed by atoms with Crippen molar-refractivity contribution in [3.63, 3.8) is 0 Å². The smallest absolute Gasteiger partial charge is 0.255 e. The van der Waals surface area contributed by atoms with Gasteiger partial charge in [0.05, 0.1) is 15.6 Å². The van der Waals surface area contributed by atoms with E-state index >= 15 is 0 Å². The standard InChI is InChI=1S/C17H13ClN2O4S/c1-25(23,24)12-4-2-10(3-5-12)16(21)20-15-8-11-6-7-19-17(22)13(11)9-14(15)18/h2-9H,1H3,(H,19,22)(H,20,21). The summed E-state index contributed by atoms with van der Waals surface area (Å²) in [7, 11) is -3.32. The first-order valence-corrected chi connectivity index (χ1v) is 9.45. The van der Waals surface area contributed by atoms with Crippen LogP contribution in [0.3, 0.4) is 0 Å². The Bertz CT molecular complexity index is 1140. The number of anilines is 1. The van der Waals surface area contributed by atoms with Gasteiger partial charge in [-0.05, 0) is 47.9 Å². The Balaban J connectivity index is 1.92. The summed E-state index contributed by atoms with van der Waals surface area (Å²) in [5.41, 5.74) is 0.375. The summed E-state index contributed by atoms with van der Waals surface area (Å²) in [6.07, 6.45) is 2.60. The highest BCUT2D eigenvalue weighted by molar-refractivity contribution is 7.90. The molecule has 3 rings (SSSR count). The molecule has 6 nitrogen and oxygen atoms in total. The Morgan fingerprint density at radius 2 is 1.80 bits per heavy atom. The molecule has 128 valence electrons. The van der Waals surface area contributed by atoms with Crippen LogP contribution < -0.4 is 10.9 Å². The molecule has 0 unspecified atom stereocenters. The van der Waals surface area contributed by atoms with E-state index in [0.717, 1.165) is 6.26 Å². The molecule has 3 aromatic rings. The zero-order valence-electron chi connectivity index (χ0n) is 13.0. The van der Waals surface area contributed by atoms with Crippen LogP contribution in [-0.4, -0.2) is 25.6 Å². The lowest BCUT2D eigenvalue weighted by Gasteiger charge is -2.09. The number of fused-ring (bicyclic) bond motifs is 1. The highest BCUT2D eigenvalue weighted by atomic mass is 35.5. The molecule has 2 N–H and O–H groups in total. The van der Waals surface area contributed by atoms with Crippen molar-refractivity contribution in [2.75, 3.05) is 11.6 Å². The van der Waals surface area contributed by atoms with E-state index in [-0.39, 0.29) is 21.0 Å². The SMILES string of the molecule is CS(=O)(=O)c1ccc(C(=O)Nc2cc3cc[nH]c(=O)c3cc2Cl)cc1. The van der Waals surface area contributed by atoms with Gasteiger partial charge >= 0.3 is 0 Å². The third-order valence-electron chi connectivity index (χ3n) is 3.65. The van der Waals surface area contributed by atoms with Crippen molar-refractivity contribution in [3.8, 4) is 0 Å². The minimum absolute atomic E-state index is 0.131. The summed E-state index contributed by atoms with van der Waals surface area (Å²) in [6.45, 7) is 0. The second-order valence-electron chi connectivity index (χ2n) is 5.48. The van der Waals surface area contributed by atoms with Gasteiger partial charge in [0.2, 0.25) is 0 Å². The molecular formula is C17H13ClN2O4S. The van der Waals surface area contributed by atoms with Crippen LogP contribution in [0.1, 0.15) is 10.4 Å². The summed E-state index contributed by atoms with van der Waals surface area (Å²) in [4.78, 5) is 26.8. The summed E-state index contributed by atoms with van der Waals surface area (Å²) in [5.74, 6) is -0.439. The molecule has 1 amide bonds. The molecule has 0 spiro atoms. The molecule has 0 saturated heterocycles. The Labute approximate surface area is 148 Å². The van der Waals surface area contributed by atoms with E-state index in [1.165, 1.54) is 36.5 Å². The number of hydrogen-bond acceptors (Lipinski definition) is 4. The van der Waals surface area contributed by atoms with Crippen molar-refractivity contribution in [1.29, 1.82) is 0 Å². The number of aromatic nitrogens is 1. The maximum Gasteiger partial charge on any atom is 0.255 e. The van der Waals surface area contributed by atoms with E-state index in [2.05, 4.69) is 10.3 Å². The Morgan fingerprint density at radius 3 is 2.44 bits per heavy atom. The maximum absolute atomic E-state index is 12.3. The van der Waals surface area contributed by atoms with Gasteiger partial charge in [-0.25, -0.2) is 8.42 Å². The van der Waals surface area contributed by atoms with E-state index in [9.17, 15) is 18.0 Å². The molecule has 0 aliphatic carbocycles. The predicted octanol–water partition coefficient (Wildman–Crippen LogP) is 2.84. The number of sulfone groups is 1. The number of carbonyl (C=O) groups is 1. The van der Waals surface area contributed by atoms with Gasteiger partial charge in [-0.1, -0.05) is 11.6 Å². The lowest BCUT2D eigenvalue weighted by molar-refractivity contribution is 0.102. The second kappa shape index (κ2) is 6.34. The zero-order chi connectivity index (χ0) is 18.2. The molecule has 0 aliphatic heterocycles. The molecule has 0 atom stereocenters. The molecule has 8 heteroatoms. The Hall–Kier alpha value is -2.64. The average Bonchev–Trinajstić information content (AvgIpc) is 2.56. The topological polar surface area (TPSA) is 96.1 Å². The Kier molecular flexibility index (Phi) is 4.36. The number of halogens is 1. The quantitative estimate of drug-likeness (QED) is 0.734. The van der Waals surface area contributed by atoms with Gasteiger partial charge in [0, 0.05) is 23.4 Å². The van der Waals surface area contributed by atoms with E-state index in [1.807, 2.05) is 0 Å². The summed E-state index contributed by atoms with van der Waals surface area (Å²) in [5, 5.41) is 3.95. The van der Waals surface area contributed by atoms with Gasteiger partial charge in [-0.3, -0.25) is 9.59 Å². The number of aromatic amines is 1. The van der Waals surface area contributed by atoms with Gasteiger partial charge in [0.25, 0.3) is 11.5 Å². The fraction of sp³-hybridized carbons (Fsp3) is 0.0588. The molecular weight excluding hydrogens is 364 g/mol. The van der Waals surface area contributed by atoms with Gasteiger partial charge in [0.1, 0.15) is 0 Å². The number of carbonyl (C=O) groups excluding carboxylic acids is 1. The van der Waals surface area contributed by atoms with E-state index in [4.69, 9.17) is 11.6 Å². The fourth-order valence-corrected chi connectivity index (χ4v) is 3.19. The van der Waals surface area contributed by atoms with Crippen LogP contribution in [0.25, 0.3) is 10.8 Å². The van der Waals surface area contributed by atoms with Crippen LogP contribution in [0.4, 0.5) is 5.69 Å². The van der Waals surface area contributed by atoms with E-state index < -0.39 is 15.7 Å². The predicted molar refractivity (Wildman–Crippen MR) is 97.1 cm³/mol. The van der Waals surface area contributed by atoms with E-state index in [1.54, 1.807) is 12.1 Å². The van der Waals surface area contributed by atoms with Crippen LogP contribution >= 0.6 is 11.6 Å². The molecule has 0 bridgehead atoms. The van der Waals surface area contributed by atoms with Gasteiger partial charge in [-0.15, -0.1) is 0 Å². The monoisotopic (exact) mass is 376 g/mol. The van der Waals surface area contributed by atoms with Gasteiger partial charge in [-0.2, -0.15) is 0 Å². The highest BCUT2D eigenvalue weighted by Gasteiger charge is 2.12. The molecule has 1 aromatic heterocycles. The molecule has 25 heavy (non-hydrogen) atoms. The first kappa shape index (κ1) is 17.2. The average molecular weight is 377 g/mol. The third kappa shape index (κ3) is 3.57. The van der Waals surface area contributed by atoms with Crippen LogP contribution in [-0.2, 0) is 9.84 Å². The third-order valence-corrected chi connectivity index (χ3v) is 5.10. The highest BCUT2D eigenvalue weighted by Crippen LogP contribution is 2.27. The minimum atomic E-state index is -3.32. The van der Waals surface area contributed by atoms with Gasteiger partial charge in [0.15, 0.2) is 9.84 Å². The van der Waals surface area contributed by atoms with Crippen LogP contribution in [0, 0.1) is 0 Å². The largest absolute Gasteiger partial charge is 0.329 e. The number of amides is 1. The normalized spacial score (nSPS) is 11.4. The van der Waals surface area contributed by atoms with Crippen molar-refractivity contribution in [2.24, 2.45) is 0 Å². The van der Waals surface area contributed by atoms with Gasteiger partial charge < -0.3 is 10.3 Å². The molecule has 0 radical (unpaired) electrons. The number of nitrogens with one attached hydrogen (secondary N) is 2. The summed E-state index contributed by atoms with van der Waals surface area (Å²) >= 11 is 6.14. The minimum Gasteiger partial charge on any atom is -0.329 e. The van der Waals surface area contributed by atoms with Crippen LogP contribution in [0.15, 0.2) is 58.4 Å². The number of hydrogen-bond donors (Lipinski definition) is 2. The van der Waals surface area contributed by atoms with Crippen molar-refractivity contribution in [2.45, 2.75) is 4.90 Å². The maximum atomic E-state index is 12.3. The molecule has 2 aromatic carbocycles. The number of benzene rings is 2. The van der Waals surface area contributed by atoms with Crippen molar-refractivity contribution in [3.05, 3.63) is 69.6 Å². The number of rotatable bonds is 3. The van der Waals surface area contributed by atoms with Crippen molar-refractivity contribution < 1.29 is 13.2 Å². The molecule has 0 saturated carbocycles. The van der Waals surface area contributed by atoms with Crippen molar-refractivity contribution in [1.82, 2.24) is 4.98 Å². The van der Waals surface area contributed by atoms with Crippen LogP contribution in [0.5, 0.6) is 0 Å². The van der Waals surface area contributed by atoms with Crippen molar-refractivity contribution >= 4 is 43.8 Å². The first-order chi connectivity index (χ1) is 11.8. The van der Waals surface area contributed by atoms with E-state index in [0.29, 0.717) is 16.5 Å².